The summed E-state index contributed by atoms with van der Waals surface area (Å²) in [7, 11) is 0. The molecule has 0 spiro atoms. The molecule has 0 heterocycles. The van der Waals surface area contributed by atoms with Crippen molar-refractivity contribution in [3.05, 3.63) is 0 Å². The maximum atomic E-state index is 11.4. The Kier molecular flexibility index (Phi) is 1.74. The van der Waals surface area contributed by atoms with E-state index in [0.29, 0.717) is 0 Å². The summed E-state index contributed by atoms with van der Waals surface area (Å²) < 4.78 is 0. The molecule has 2 fully saturated rings. The van der Waals surface area contributed by atoms with Crippen LogP contribution in [0.25, 0.3) is 0 Å². The number of Topliss-reactive ketones (excluding diaryl/α,β-unsaturated/α-hetero) is 1. The summed E-state index contributed by atoms with van der Waals surface area (Å²) in [5, 5.41) is 9.32. The second-order valence-corrected chi connectivity index (χ2v) is 6.23. The molecule has 3 heteroatoms. The largest absolute Gasteiger partial charge is 0.481 e. The monoisotopic (exact) mass is 210 g/mol. The van der Waals surface area contributed by atoms with Gasteiger partial charge in [0.1, 0.15) is 5.78 Å². The Hall–Kier alpha value is -0.860. The lowest BCUT2D eigenvalue weighted by molar-refractivity contribution is -0.164. The van der Waals surface area contributed by atoms with E-state index < -0.39 is 11.4 Å². The van der Waals surface area contributed by atoms with E-state index in [0.717, 1.165) is 0 Å². The van der Waals surface area contributed by atoms with Gasteiger partial charge in [-0.1, -0.05) is 27.7 Å². The van der Waals surface area contributed by atoms with Gasteiger partial charge in [0.05, 0.1) is 5.41 Å². The van der Waals surface area contributed by atoms with Crippen molar-refractivity contribution in [2.75, 3.05) is 0 Å². The fraction of sp³-hybridized carbons (Fsp3) is 0.833. The number of aliphatic carboxylic acids is 1. The van der Waals surface area contributed by atoms with Gasteiger partial charge in [-0.15, -0.1) is 0 Å². The van der Waals surface area contributed by atoms with Crippen LogP contribution in [0.5, 0.6) is 0 Å². The second-order valence-electron chi connectivity index (χ2n) is 6.23. The molecule has 0 saturated heterocycles. The van der Waals surface area contributed by atoms with Crippen LogP contribution >= 0.6 is 0 Å². The third-order valence-corrected chi connectivity index (χ3v) is 5.02. The Bertz CT molecular complexity index is 330. The van der Waals surface area contributed by atoms with E-state index in [9.17, 15) is 14.7 Å². The summed E-state index contributed by atoms with van der Waals surface area (Å²) in [4.78, 5) is 22.5. The first-order chi connectivity index (χ1) is 6.66. The molecule has 0 radical (unpaired) electrons. The van der Waals surface area contributed by atoms with Gasteiger partial charge in [-0.05, 0) is 16.7 Å². The van der Waals surface area contributed by atoms with Crippen LogP contribution in [0.1, 0.15) is 40.5 Å². The molecule has 84 valence electrons. The molecule has 0 bridgehead atoms. The van der Waals surface area contributed by atoms with Crippen LogP contribution in [0.15, 0.2) is 0 Å². The minimum absolute atomic E-state index is 0.0338. The van der Waals surface area contributed by atoms with Crippen molar-refractivity contribution in [1.29, 1.82) is 0 Å². The molecule has 0 amide bonds. The lowest BCUT2D eigenvalue weighted by atomic mass is 9.62. The molecular formula is C12H18O3. The zero-order chi connectivity index (χ0) is 11.6. The summed E-state index contributed by atoms with van der Waals surface area (Å²) in [5.74, 6) is -0.561. The van der Waals surface area contributed by atoms with Gasteiger partial charge >= 0.3 is 5.97 Å². The van der Waals surface area contributed by atoms with Crippen molar-refractivity contribution in [3.8, 4) is 0 Å². The fourth-order valence-electron chi connectivity index (χ4n) is 3.71. The molecule has 0 aromatic carbocycles. The third-order valence-electron chi connectivity index (χ3n) is 5.02. The summed E-state index contributed by atoms with van der Waals surface area (Å²) in [6, 6.07) is 0. The van der Waals surface area contributed by atoms with E-state index in [1.54, 1.807) is 0 Å². The first-order valence-corrected chi connectivity index (χ1v) is 5.41. The first-order valence-electron chi connectivity index (χ1n) is 5.41. The van der Waals surface area contributed by atoms with E-state index in [-0.39, 0.29) is 35.4 Å². The van der Waals surface area contributed by atoms with Crippen molar-refractivity contribution in [1.82, 2.24) is 0 Å². The Morgan fingerprint density at radius 1 is 1.20 bits per heavy atom. The van der Waals surface area contributed by atoms with Crippen LogP contribution in [-0.4, -0.2) is 16.9 Å². The molecule has 15 heavy (non-hydrogen) atoms. The van der Waals surface area contributed by atoms with Gasteiger partial charge in [-0.2, -0.15) is 0 Å². The van der Waals surface area contributed by atoms with Crippen LogP contribution in [0.3, 0.4) is 0 Å². The van der Waals surface area contributed by atoms with E-state index in [1.807, 2.05) is 0 Å². The van der Waals surface area contributed by atoms with Crippen molar-refractivity contribution in [3.63, 3.8) is 0 Å². The molecule has 3 nitrogen and oxygen atoms in total. The van der Waals surface area contributed by atoms with Crippen LogP contribution in [0, 0.1) is 22.2 Å². The Balaban J connectivity index is 2.32. The van der Waals surface area contributed by atoms with E-state index in [1.165, 1.54) is 0 Å². The average molecular weight is 210 g/mol. The molecule has 2 aliphatic rings. The lowest BCUT2D eigenvalue weighted by Crippen LogP contribution is -2.47. The minimum atomic E-state index is -0.786. The number of ketones is 1. The van der Waals surface area contributed by atoms with Crippen LogP contribution < -0.4 is 0 Å². The van der Waals surface area contributed by atoms with Crippen LogP contribution in [-0.2, 0) is 9.59 Å². The molecule has 1 N–H and O–H groups in total. The topological polar surface area (TPSA) is 54.4 Å². The van der Waals surface area contributed by atoms with E-state index in [4.69, 9.17) is 0 Å². The maximum Gasteiger partial charge on any atom is 0.310 e. The highest BCUT2D eigenvalue weighted by Gasteiger charge is 2.76. The van der Waals surface area contributed by atoms with Crippen molar-refractivity contribution >= 4 is 11.8 Å². The van der Waals surface area contributed by atoms with E-state index in [2.05, 4.69) is 27.7 Å². The molecule has 2 rings (SSSR count). The second kappa shape index (κ2) is 2.45. The van der Waals surface area contributed by atoms with Gasteiger partial charge in [0.25, 0.3) is 0 Å². The van der Waals surface area contributed by atoms with Gasteiger partial charge < -0.3 is 5.11 Å². The summed E-state index contributed by atoms with van der Waals surface area (Å²) in [6.45, 7) is 8.41. The van der Waals surface area contributed by atoms with Gasteiger partial charge in [0.15, 0.2) is 0 Å². The zero-order valence-corrected chi connectivity index (χ0v) is 9.76. The highest BCUT2D eigenvalue weighted by atomic mass is 16.4. The zero-order valence-electron chi connectivity index (χ0n) is 9.76. The van der Waals surface area contributed by atoms with Crippen molar-refractivity contribution in [2.24, 2.45) is 22.2 Å². The van der Waals surface area contributed by atoms with Gasteiger partial charge in [-0.3, -0.25) is 9.59 Å². The molecule has 2 saturated carbocycles. The maximum absolute atomic E-state index is 11.4. The minimum Gasteiger partial charge on any atom is -0.481 e. The smallest absolute Gasteiger partial charge is 0.310 e. The molecule has 0 unspecified atom stereocenters. The van der Waals surface area contributed by atoms with Crippen molar-refractivity contribution in [2.45, 2.75) is 40.5 Å². The van der Waals surface area contributed by atoms with Gasteiger partial charge in [0, 0.05) is 12.8 Å². The predicted octanol–water partition coefficient (Wildman–Crippen LogP) is 2.10. The fourth-order valence-corrected chi connectivity index (χ4v) is 3.71. The average Bonchev–Trinajstić information content (AvgIpc) is 2.37. The first kappa shape index (κ1) is 10.7. The number of carboxylic acid groups (broad SMARTS) is 1. The normalized spacial score (nSPS) is 30.8. The molecule has 0 aromatic rings. The number of hydrogen-bond donors (Lipinski definition) is 1. The Morgan fingerprint density at radius 3 is 1.80 bits per heavy atom. The highest BCUT2D eigenvalue weighted by molar-refractivity contribution is 5.97. The summed E-state index contributed by atoms with van der Waals surface area (Å²) in [6.07, 6.45) is 0.472. The summed E-state index contributed by atoms with van der Waals surface area (Å²) >= 11 is 0. The molecule has 0 atom stereocenters. The molecule has 2 aliphatic carbocycles. The standard InChI is InChI=1S/C12H18O3/c1-10(2)8(11(10,3)4)12(9(14)15)5-7(13)6-12/h8H,5-6H2,1-4H3,(H,14,15). The van der Waals surface area contributed by atoms with Gasteiger partial charge in [0.2, 0.25) is 0 Å². The van der Waals surface area contributed by atoms with Gasteiger partial charge in [-0.25, -0.2) is 0 Å². The Morgan fingerprint density at radius 2 is 1.60 bits per heavy atom. The molecular weight excluding hydrogens is 192 g/mol. The van der Waals surface area contributed by atoms with Crippen molar-refractivity contribution < 1.29 is 14.7 Å². The number of carboxylic acids is 1. The third kappa shape index (κ3) is 1.01. The SMILES string of the molecule is CC1(C)C(C2(C(=O)O)CC(=O)C2)C1(C)C. The van der Waals surface area contributed by atoms with Crippen LogP contribution in [0.4, 0.5) is 0 Å². The quantitative estimate of drug-likeness (QED) is 0.759. The number of carbonyl (C=O) groups excluding carboxylic acids is 1. The van der Waals surface area contributed by atoms with E-state index >= 15 is 0 Å². The number of carbonyl (C=O) groups is 2. The van der Waals surface area contributed by atoms with Crippen LogP contribution in [0.2, 0.25) is 0 Å². The lowest BCUT2D eigenvalue weighted by Gasteiger charge is -2.38. The molecule has 0 aromatic heterocycles. The number of rotatable bonds is 2. The predicted molar refractivity (Wildman–Crippen MR) is 55.4 cm³/mol. The Labute approximate surface area is 89.9 Å². The number of hydrogen-bond acceptors (Lipinski definition) is 2. The summed E-state index contributed by atoms with van der Waals surface area (Å²) in [5.41, 5.74) is -0.692. The highest BCUT2D eigenvalue weighted by Crippen LogP contribution is 2.77. The molecule has 0 aliphatic heterocycles.